The lowest BCUT2D eigenvalue weighted by atomic mass is 10.0. The van der Waals surface area contributed by atoms with E-state index < -0.39 is 0 Å². The molecule has 5 heteroatoms. The summed E-state index contributed by atoms with van der Waals surface area (Å²) in [7, 11) is 0. The number of nitrogens with zero attached hydrogens (tertiary/aromatic N) is 2. The second kappa shape index (κ2) is 7.58. The van der Waals surface area contributed by atoms with Gasteiger partial charge in [0.2, 0.25) is 5.91 Å². The quantitative estimate of drug-likeness (QED) is 0.769. The van der Waals surface area contributed by atoms with Crippen LogP contribution in [0.5, 0.6) is 0 Å². The molecule has 1 N–H and O–H groups in total. The number of carbonyl (C=O) groups excluding carboxylic acids is 1. The normalized spacial score (nSPS) is 10.7. The van der Waals surface area contributed by atoms with Crippen molar-refractivity contribution in [2.45, 2.75) is 34.2 Å². The van der Waals surface area contributed by atoms with Crippen LogP contribution >= 0.6 is 0 Å². The van der Waals surface area contributed by atoms with Gasteiger partial charge in [0, 0.05) is 17.3 Å². The van der Waals surface area contributed by atoms with Crippen molar-refractivity contribution in [1.29, 1.82) is 0 Å². The fourth-order valence-electron chi connectivity index (χ4n) is 3.02. The molecule has 0 atom stereocenters. The van der Waals surface area contributed by atoms with Crippen LogP contribution < -0.4 is 10.9 Å². The first kappa shape index (κ1) is 18.6. The number of nitrogens with one attached hydrogen (secondary N) is 1. The van der Waals surface area contributed by atoms with Crippen LogP contribution in [0.15, 0.2) is 53.3 Å². The van der Waals surface area contributed by atoms with Crippen LogP contribution in [0.3, 0.4) is 0 Å². The summed E-state index contributed by atoms with van der Waals surface area (Å²) in [5.41, 5.74) is 6.41. The Morgan fingerprint density at radius 1 is 1.00 bits per heavy atom. The highest BCUT2D eigenvalue weighted by Gasteiger charge is 2.11. The highest BCUT2D eigenvalue weighted by molar-refractivity contribution is 5.91. The maximum absolute atomic E-state index is 12.4. The molecule has 138 valence electrons. The summed E-state index contributed by atoms with van der Waals surface area (Å²) in [5, 5.41) is 7.26. The Morgan fingerprint density at radius 2 is 1.78 bits per heavy atom. The minimum absolute atomic E-state index is 0.134. The highest BCUT2D eigenvalue weighted by atomic mass is 16.2. The molecule has 0 saturated heterocycles. The molecule has 3 aromatic rings. The van der Waals surface area contributed by atoms with Crippen LogP contribution in [0.25, 0.3) is 11.3 Å². The average molecular weight is 361 g/mol. The Bertz CT molecular complexity index is 1070. The lowest BCUT2D eigenvalue weighted by Crippen LogP contribution is -2.29. The van der Waals surface area contributed by atoms with Gasteiger partial charge in [-0.3, -0.25) is 9.59 Å². The summed E-state index contributed by atoms with van der Waals surface area (Å²) in [6.07, 6.45) is 0. The standard InChI is InChI=1S/C22H23N3O2/c1-14-8-9-18(16(3)12-14)20-10-11-22(27)25(24-20)13-21(26)23-19-7-5-6-15(2)17(19)4/h5-12H,13H2,1-4H3,(H,23,26). The van der Waals surface area contributed by atoms with Crippen molar-refractivity contribution < 1.29 is 4.79 Å². The zero-order chi connectivity index (χ0) is 19.6. The third-order valence-corrected chi connectivity index (χ3v) is 4.70. The topological polar surface area (TPSA) is 64.0 Å². The summed E-state index contributed by atoms with van der Waals surface area (Å²) >= 11 is 0. The number of rotatable bonds is 4. The second-order valence-corrected chi connectivity index (χ2v) is 6.83. The van der Waals surface area contributed by atoms with E-state index in [4.69, 9.17) is 0 Å². The van der Waals surface area contributed by atoms with Crippen molar-refractivity contribution in [1.82, 2.24) is 9.78 Å². The number of hydrogen-bond acceptors (Lipinski definition) is 3. The van der Waals surface area contributed by atoms with Gasteiger partial charge in [-0.15, -0.1) is 0 Å². The monoisotopic (exact) mass is 361 g/mol. The number of anilines is 1. The first-order chi connectivity index (χ1) is 12.8. The van der Waals surface area contributed by atoms with Gasteiger partial charge < -0.3 is 5.32 Å². The van der Waals surface area contributed by atoms with Crippen LogP contribution in [-0.4, -0.2) is 15.7 Å². The zero-order valence-electron chi connectivity index (χ0n) is 16.0. The fourth-order valence-corrected chi connectivity index (χ4v) is 3.02. The minimum Gasteiger partial charge on any atom is -0.324 e. The van der Waals surface area contributed by atoms with Gasteiger partial charge in [0.1, 0.15) is 6.54 Å². The van der Waals surface area contributed by atoms with Crippen LogP contribution in [0.4, 0.5) is 5.69 Å². The molecule has 0 aliphatic rings. The Kier molecular flexibility index (Phi) is 5.21. The number of carbonyl (C=O) groups is 1. The number of hydrogen-bond donors (Lipinski definition) is 1. The van der Waals surface area contributed by atoms with Gasteiger partial charge in [-0.25, -0.2) is 4.68 Å². The average Bonchev–Trinajstić information content (AvgIpc) is 2.61. The third-order valence-electron chi connectivity index (χ3n) is 4.70. The van der Waals surface area contributed by atoms with Crippen molar-refractivity contribution >= 4 is 11.6 Å². The van der Waals surface area contributed by atoms with Crippen LogP contribution in [0.1, 0.15) is 22.3 Å². The molecular formula is C22H23N3O2. The van der Waals surface area contributed by atoms with E-state index in [2.05, 4.69) is 16.5 Å². The van der Waals surface area contributed by atoms with Crippen LogP contribution in [-0.2, 0) is 11.3 Å². The minimum atomic E-state index is -0.306. The second-order valence-electron chi connectivity index (χ2n) is 6.83. The van der Waals surface area contributed by atoms with Gasteiger partial charge in [0.15, 0.2) is 0 Å². The van der Waals surface area contributed by atoms with E-state index in [0.29, 0.717) is 5.69 Å². The number of amides is 1. The molecule has 0 bridgehead atoms. The molecule has 5 nitrogen and oxygen atoms in total. The summed E-state index contributed by atoms with van der Waals surface area (Å²) in [6.45, 7) is 7.85. The first-order valence-electron chi connectivity index (χ1n) is 8.87. The Hall–Kier alpha value is -3.21. The molecule has 0 fully saturated rings. The van der Waals surface area contributed by atoms with Gasteiger partial charge in [-0.05, 0) is 56.5 Å². The lowest BCUT2D eigenvalue weighted by molar-refractivity contribution is -0.117. The van der Waals surface area contributed by atoms with Crippen molar-refractivity contribution in [3.05, 3.63) is 81.1 Å². The van der Waals surface area contributed by atoms with E-state index in [-0.39, 0.29) is 18.0 Å². The highest BCUT2D eigenvalue weighted by Crippen LogP contribution is 2.21. The number of aryl methyl sites for hydroxylation is 3. The van der Waals surface area contributed by atoms with Gasteiger partial charge in [-0.2, -0.15) is 5.10 Å². The summed E-state index contributed by atoms with van der Waals surface area (Å²) in [4.78, 5) is 24.6. The summed E-state index contributed by atoms with van der Waals surface area (Å²) in [6, 6.07) is 14.9. The van der Waals surface area contributed by atoms with E-state index in [1.807, 2.05) is 58.0 Å². The Labute approximate surface area is 158 Å². The molecule has 0 aliphatic carbocycles. The van der Waals surface area contributed by atoms with Crippen molar-refractivity contribution in [2.75, 3.05) is 5.32 Å². The van der Waals surface area contributed by atoms with Crippen molar-refractivity contribution in [3.8, 4) is 11.3 Å². The zero-order valence-corrected chi connectivity index (χ0v) is 16.0. The predicted octanol–water partition coefficient (Wildman–Crippen LogP) is 3.78. The summed E-state index contributed by atoms with van der Waals surface area (Å²) < 4.78 is 1.20. The smallest absolute Gasteiger partial charge is 0.267 e. The molecule has 1 aromatic heterocycles. The van der Waals surface area contributed by atoms with Crippen molar-refractivity contribution in [3.63, 3.8) is 0 Å². The predicted molar refractivity (Wildman–Crippen MR) is 108 cm³/mol. The number of aromatic nitrogens is 2. The van der Waals surface area contributed by atoms with Crippen LogP contribution in [0.2, 0.25) is 0 Å². The maximum atomic E-state index is 12.4. The molecule has 0 aliphatic heterocycles. The number of benzene rings is 2. The molecule has 3 rings (SSSR count). The largest absolute Gasteiger partial charge is 0.324 e. The van der Waals surface area contributed by atoms with E-state index in [1.165, 1.54) is 10.7 Å². The fraction of sp³-hybridized carbons (Fsp3) is 0.227. The van der Waals surface area contributed by atoms with Gasteiger partial charge in [0.05, 0.1) is 5.69 Å². The molecule has 27 heavy (non-hydrogen) atoms. The van der Waals surface area contributed by atoms with E-state index in [0.717, 1.165) is 33.5 Å². The summed E-state index contributed by atoms with van der Waals surface area (Å²) in [5.74, 6) is -0.281. The molecule has 0 radical (unpaired) electrons. The van der Waals surface area contributed by atoms with Gasteiger partial charge >= 0.3 is 0 Å². The first-order valence-corrected chi connectivity index (χ1v) is 8.87. The molecule has 1 amide bonds. The molecule has 2 aromatic carbocycles. The maximum Gasteiger partial charge on any atom is 0.267 e. The Morgan fingerprint density at radius 3 is 2.52 bits per heavy atom. The van der Waals surface area contributed by atoms with E-state index >= 15 is 0 Å². The van der Waals surface area contributed by atoms with Gasteiger partial charge in [0.25, 0.3) is 5.56 Å². The van der Waals surface area contributed by atoms with Gasteiger partial charge in [-0.1, -0.05) is 35.9 Å². The Balaban J connectivity index is 1.85. The van der Waals surface area contributed by atoms with Crippen LogP contribution in [0, 0.1) is 27.7 Å². The molecule has 1 heterocycles. The lowest BCUT2D eigenvalue weighted by Gasteiger charge is -2.12. The van der Waals surface area contributed by atoms with E-state index in [1.54, 1.807) is 6.07 Å². The molecule has 0 unspecified atom stereocenters. The molecular weight excluding hydrogens is 338 g/mol. The molecule has 0 spiro atoms. The van der Waals surface area contributed by atoms with Crippen molar-refractivity contribution in [2.24, 2.45) is 0 Å². The van der Waals surface area contributed by atoms with E-state index in [9.17, 15) is 9.59 Å². The molecule has 0 saturated carbocycles. The SMILES string of the molecule is Cc1ccc(-c2ccc(=O)n(CC(=O)Nc3cccc(C)c3C)n2)c(C)c1. The third kappa shape index (κ3) is 4.14.